The number of amides is 1. The van der Waals surface area contributed by atoms with Crippen LogP contribution in [0.2, 0.25) is 0 Å². The number of rotatable bonds is 4. The number of carbonyl (C=O) groups is 1. The highest BCUT2D eigenvalue weighted by Crippen LogP contribution is 2.28. The molecule has 192 valence electrons. The van der Waals surface area contributed by atoms with Crippen LogP contribution in [0.5, 0.6) is 0 Å². The Morgan fingerprint density at radius 2 is 1.94 bits per heavy atom. The number of piperidine rings is 1. The molecule has 1 aliphatic heterocycles. The van der Waals surface area contributed by atoms with Crippen molar-refractivity contribution in [2.45, 2.75) is 52.2 Å². The number of nitrogens with two attached hydrogens (primary N) is 2. The van der Waals surface area contributed by atoms with Gasteiger partial charge < -0.3 is 26.4 Å². The lowest BCUT2D eigenvalue weighted by Crippen LogP contribution is -2.43. The summed E-state index contributed by atoms with van der Waals surface area (Å²) >= 11 is 0. The summed E-state index contributed by atoms with van der Waals surface area (Å²) in [5.41, 5.74) is 15.2. The third kappa shape index (κ3) is 5.00. The largest absolute Gasteiger partial charge is 0.444 e. The fourth-order valence-corrected chi connectivity index (χ4v) is 4.41. The zero-order chi connectivity index (χ0) is 26.2. The highest BCUT2D eigenvalue weighted by atomic mass is 16.6. The van der Waals surface area contributed by atoms with E-state index < -0.39 is 5.60 Å². The van der Waals surface area contributed by atoms with E-state index in [-0.39, 0.29) is 17.8 Å². The van der Waals surface area contributed by atoms with Crippen LogP contribution in [0.3, 0.4) is 0 Å². The molecule has 0 unspecified atom stereocenters. The second kappa shape index (κ2) is 9.56. The number of carbonyl (C=O) groups excluding carboxylic acids is 1. The molecule has 3 aromatic rings. The number of fused-ring (bicyclic) bond motifs is 1. The Balaban J connectivity index is 1.61. The SMILES string of the molecule is Cc1cc(N)c(/C=C\N)cc1Nc1ncc2c(n1)n(C1CCN(C(=O)OC(C)(C)C)CC1)c(=O)n2C. The highest BCUT2D eigenvalue weighted by Gasteiger charge is 2.30. The van der Waals surface area contributed by atoms with Crippen molar-refractivity contribution in [1.29, 1.82) is 0 Å². The first-order chi connectivity index (χ1) is 17.0. The summed E-state index contributed by atoms with van der Waals surface area (Å²) < 4.78 is 8.76. The molecule has 1 saturated heterocycles. The molecular weight excluding hydrogens is 460 g/mol. The van der Waals surface area contributed by atoms with Crippen molar-refractivity contribution in [3.63, 3.8) is 0 Å². The summed E-state index contributed by atoms with van der Waals surface area (Å²) in [4.78, 5) is 36.5. The molecule has 4 rings (SSSR count). The predicted molar refractivity (Wildman–Crippen MR) is 141 cm³/mol. The Kier molecular flexibility index (Phi) is 6.66. The number of benzene rings is 1. The minimum Gasteiger partial charge on any atom is -0.444 e. The van der Waals surface area contributed by atoms with Crippen LogP contribution < -0.4 is 22.5 Å². The third-order valence-corrected chi connectivity index (χ3v) is 6.27. The van der Waals surface area contributed by atoms with Crippen molar-refractivity contribution >= 4 is 40.7 Å². The van der Waals surface area contributed by atoms with Crippen molar-refractivity contribution in [1.82, 2.24) is 24.0 Å². The number of hydrogen-bond acceptors (Lipinski definition) is 8. The highest BCUT2D eigenvalue weighted by molar-refractivity contribution is 5.76. The summed E-state index contributed by atoms with van der Waals surface area (Å²) in [6.45, 7) is 8.48. The molecular formula is C25H34N8O3. The molecule has 5 N–H and O–H groups in total. The third-order valence-electron chi connectivity index (χ3n) is 6.27. The van der Waals surface area contributed by atoms with Gasteiger partial charge in [0.25, 0.3) is 0 Å². The van der Waals surface area contributed by atoms with Crippen LogP contribution in [0.1, 0.15) is 50.8 Å². The molecule has 1 fully saturated rings. The summed E-state index contributed by atoms with van der Waals surface area (Å²) in [6.07, 6.45) is 5.72. The fourth-order valence-electron chi connectivity index (χ4n) is 4.41. The number of aromatic nitrogens is 4. The van der Waals surface area contributed by atoms with E-state index in [2.05, 4.69) is 10.3 Å². The first kappa shape index (κ1) is 25.1. The van der Waals surface area contributed by atoms with Gasteiger partial charge in [0.15, 0.2) is 5.65 Å². The quantitative estimate of drug-likeness (QED) is 0.468. The lowest BCUT2D eigenvalue weighted by Gasteiger charge is -2.33. The van der Waals surface area contributed by atoms with Crippen LogP contribution in [0.15, 0.2) is 29.3 Å². The second-order valence-corrected chi connectivity index (χ2v) is 10.1. The Morgan fingerprint density at radius 3 is 2.58 bits per heavy atom. The van der Waals surface area contributed by atoms with Gasteiger partial charge in [-0.2, -0.15) is 4.98 Å². The minimum atomic E-state index is -0.551. The van der Waals surface area contributed by atoms with Gasteiger partial charge in [-0.15, -0.1) is 0 Å². The maximum Gasteiger partial charge on any atom is 0.410 e. The molecule has 1 aromatic carbocycles. The van der Waals surface area contributed by atoms with Crippen LogP contribution in [0.4, 0.5) is 22.1 Å². The number of hydrogen-bond donors (Lipinski definition) is 3. The molecule has 0 bridgehead atoms. The molecule has 0 atom stereocenters. The maximum atomic E-state index is 13.2. The van der Waals surface area contributed by atoms with Crippen LogP contribution in [0, 0.1) is 6.92 Å². The Hall–Kier alpha value is -4.02. The number of ether oxygens (including phenoxy) is 1. The average Bonchev–Trinajstić information content (AvgIpc) is 3.05. The number of aryl methyl sites for hydroxylation is 2. The van der Waals surface area contributed by atoms with Gasteiger partial charge in [-0.3, -0.25) is 9.13 Å². The first-order valence-corrected chi connectivity index (χ1v) is 12.0. The maximum absolute atomic E-state index is 13.2. The van der Waals surface area contributed by atoms with Gasteiger partial charge in [-0.05, 0) is 70.5 Å². The molecule has 36 heavy (non-hydrogen) atoms. The van der Waals surface area contributed by atoms with Gasteiger partial charge in [0, 0.05) is 43.1 Å². The summed E-state index contributed by atoms with van der Waals surface area (Å²) in [7, 11) is 1.71. The van der Waals surface area contributed by atoms with Gasteiger partial charge in [0.05, 0.1) is 6.20 Å². The smallest absolute Gasteiger partial charge is 0.410 e. The Morgan fingerprint density at radius 1 is 1.25 bits per heavy atom. The van der Waals surface area contributed by atoms with E-state index >= 15 is 0 Å². The van der Waals surface area contributed by atoms with E-state index in [1.54, 1.807) is 33.4 Å². The molecule has 3 heterocycles. The monoisotopic (exact) mass is 494 g/mol. The van der Waals surface area contributed by atoms with E-state index in [1.807, 2.05) is 39.8 Å². The van der Waals surface area contributed by atoms with Crippen molar-refractivity contribution in [3.05, 3.63) is 46.1 Å². The number of likely N-dealkylation sites (tertiary alicyclic amines) is 1. The normalized spacial score (nSPS) is 15.1. The standard InChI is InChI=1S/C25H34N8O3/c1-15-12-18(27)16(6-9-26)13-19(15)29-22-28-14-20-21(30-22)33(23(34)31(20)5)17-7-10-32(11-8-17)24(35)36-25(2,3)4/h6,9,12-14,17H,7-8,10-11,26-27H2,1-5H3,(H,28,29,30)/b9-6-. The van der Waals surface area contributed by atoms with Gasteiger partial charge in [-0.1, -0.05) is 0 Å². The topological polar surface area (TPSA) is 146 Å². The molecule has 0 spiro atoms. The van der Waals surface area contributed by atoms with Crippen molar-refractivity contribution in [2.24, 2.45) is 12.8 Å². The van der Waals surface area contributed by atoms with Crippen LogP contribution in [0.25, 0.3) is 17.2 Å². The molecule has 1 aliphatic rings. The first-order valence-electron chi connectivity index (χ1n) is 12.0. The van der Waals surface area contributed by atoms with Gasteiger partial charge >= 0.3 is 11.8 Å². The van der Waals surface area contributed by atoms with Crippen molar-refractivity contribution < 1.29 is 9.53 Å². The Labute approximate surface area is 209 Å². The van der Waals surface area contributed by atoms with E-state index in [0.717, 1.165) is 16.8 Å². The van der Waals surface area contributed by atoms with Crippen molar-refractivity contribution in [2.75, 3.05) is 24.1 Å². The van der Waals surface area contributed by atoms with E-state index in [0.29, 0.717) is 48.7 Å². The average molecular weight is 495 g/mol. The number of nitrogens with one attached hydrogen (secondary N) is 1. The molecule has 0 radical (unpaired) electrons. The number of anilines is 3. The zero-order valence-electron chi connectivity index (χ0n) is 21.4. The van der Waals surface area contributed by atoms with Crippen molar-refractivity contribution in [3.8, 4) is 0 Å². The Bertz CT molecular complexity index is 1370. The van der Waals surface area contributed by atoms with Gasteiger partial charge in [-0.25, -0.2) is 14.6 Å². The lowest BCUT2D eigenvalue weighted by molar-refractivity contribution is 0.0188. The number of nitrogen functional groups attached to an aromatic ring is 1. The summed E-state index contributed by atoms with van der Waals surface area (Å²) in [5.74, 6) is 0.364. The number of nitrogens with zero attached hydrogens (tertiary/aromatic N) is 5. The molecule has 11 nitrogen and oxygen atoms in total. The number of imidazole rings is 1. The van der Waals surface area contributed by atoms with E-state index in [1.165, 1.54) is 6.20 Å². The molecule has 11 heteroatoms. The van der Waals surface area contributed by atoms with Crippen LogP contribution in [-0.2, 0) is 11.8 Å². The summed E-state index contributed by atoms with van der Waals surface area (Å²) in [6, 6.07) is 3.64. The van der Waals surface area contributed by atoms with Gasteiger partial charge in [0.2, 0.25) is 5.95 Å². The van der Waals surface area contributed by atoms with E-state index in [9.17, 15) is 9.59 Å². The van der Waals surface area contributed by atoms with E-state index in [4.69, 9.17) is 21.2 Å². The molecule has 0 saturated carbocycles. The molecule has 0 aliphatic carbocycles. The van der Waals surface area contributed by atoms with Gasteiger partial charge in [0.1, 0.15) is 11.1 Å². The fraction of sp³-hybridized carbons (Fsp3) is 0.440. The molecule has 2 aromatic heterocycles. The predicted octanol–water partition coefficient (Wildman–Crippen LogP) is 3.27. The van der Waals surface area contributed by atoms with Crippen LogP contribution >= 0.6 is 0 Å². The second-order valence-electron chi connectivity index (χ2n) is 10.1. The summed E-state index contributed by atoms with van der Waals surface area (Å²) in [5, 5.41) is 3.25. The zero-order valence-corrected chi connectivity index (χ0v) is 21.4. The van der Waals surface area contributed by atoms with Crippen LogP contribution in [-0.4, -0.2) is 48.8 Å². The lowest BCUT2D eigenvalue weighted by atomic mass is 10.1. The molecule has 1 amide bonds. The minimum absolute atomic E-state index is 0.0952.